The third-order valence-electron chi connectivity index (χ3n) is 2.17. The van der Waals surface area contributed by atoms with Crippen molar-refractivity contribution in [1.82, 2.24) is 20.5 Å². The Morgan fingerprint density at radius 1 is 1.65 bits per heavy atom. The Balaban J connectivity index is 1.85. The number of aromatic amines is 1. The average Bonchev–Trinajstić information content (AvgIpc) is 2.99. The molecular formula is C10H12N4O2S. The molecule has 0 bridgehead atoms. The number of rotatable bonds is 5. The van der Waals surface area contributed by atoms with Gasteiger partial charge in [-0.15, -0.1) is 11.3 Å². The molecule has 0 aliphatic heterocycles. The number of amides is 1. The van der Waals surface area contributed by atoms with E-state index in [1.165, 1.54) is 17.7 Å². The van der Waals surface area contributed by atoms with Crippen molar-refractivity contribution in [3.8, 4) is 5.75 Å². The first-order valence-corrected chi connectivity index (χ1v) is 5.93. The summed E-state index contributed by atoms with van der Waals surface area (Å²) in [6, 6.07) is 1.77. The number of ether oxygens (including phenoxy) is 1. The molecule has 0 aliphatic carbocycles. The molecule has 90 valence electrons. The summed E-state index contributed by atoms with van der Waals surface area (Å²) in [5.74, 6) is 1.23. The topological polar surface area (TPSA) is 79.9 Å². The van der Waals surface area contributed by atoms with Gasteiger partial charge < -0.3 is 10.1 Å². The Labute approximate surface area is 102 Å². The quantitative estimate of drug-likeness (QED) is 0.826. The smallest absolute Gasteiger partial charge is 0.265 e. The minimum atomic E-state index is -0.128. The minimum absolute atomic E-state index is 0.128. The lowest BCUT2D eigenvalue weighted by atomic mass is 10.3. The highest BCUT2D eigenvalue weighted by atomic mass is 32.1. The van der Waals surface area contributed by atoms with E-state index in [0.29, 0.717) is 23.6 Å². The molecule has 2 N–H and O–H groups in total. The number of carbonyl (C=O) groups is 1. The lowest BCUT2D eigenvalue weighted by Gasteiger charge is -2.04. The van der Waals surface area contributed by atoms with Crippen LogP contribution in [0.3, 0.4) is 0 Å². The molecule has 2 aromatic rings. The summed E-state index contributed by atoms with van der Waals surface area (Å²) in [6.07, 6.45) is 2.07. The molecule has 6 nitrogen and oxygen atoms in total. The fourth-order valence-electron chi connectivity index (χ4n) is 1.35. The summed E-state index contributed by atoms with van der Waals surface area (Å²) in [5.41, 5.74) is 0. The summed E-state index contributed by atoms with van der Waals surface area (Å²) in [6.45, 7) is 0.509. The zero-order valence-electron chi connectivity index (χ0n) is 9.27. The van der Waals surface area contributed by atoms with Gasteiger partial charge >= 0.3 is 0 Å². The first-order valence-electron chi connectivity index (χ1n) is 5.05. The second kappa shape index (κ2) is 5.44. The van der Waals surface area contributed by atoms with E-state index in [0.717, 1.165) is 5.82 Å². The van der Waals surface area contributed by atoms with Crippen molar-refractivity contribution >= 4 is 17.2 Å². The van der Waals surface area contributed by atoms with Crippen molar-refractivity contribution in [1.29, 1.82) is 0 Å². The van der Waals surface area contributed by atoms with E-state index in [4.69, 9.17) is 4.74 Å². The molecule has 0 fully saturated rings. The van der Waals surface area contributed by atoms with Crippen LogP contribution in [0, 0.1) is 0 Å². The molecule has 7 heteroatoms. The summed E-state index contributed by atoms with van der Waals surface area (Å²) >= 11 is 1.36. The van der Waals surface area contributed by atoms with Gasteiger partial charge in [0.25, 0.3) is 5.91 Å². The van der Waals surface area contributed by atoms with Crippen molar-refractivity contribution in [3.63, 3.8) is 0 Å². The number of nitrogens with one attached hydrogen (secondary N) is 2. The zero-order valence-corrected chi connectivity index (χ0v) is 10.1. The standard InChI is InChI=1S/C10H12N4O2S/c1-16-7-3-5-17-9(7)10(15)11-4-2-8-12-6-13-14-8/h3,5-6H,2,4H2,1H3,(H,11,15)(H,12,13,14). The van der Waals surface area contributed by atoms with Gasteiger partial charge in [0.2, 0.25) is 0 Å². The first-order chi connectivity index (χ1) is 8.31. The van der Waals surface area contributed by atoms with Gasteiger partial charge in [-0.1, -0.05) is 0 Å². The fourth-order valence-corrected chi connectivity index (χ4v) is 2.12. The molecule has 0 atom stereocenters. The summed E-state index contributed by atoms with van der Waals surface area (Å²) in [4.78, 5) is 16.3. The molecule has 0 aliphatic rings. The number of thiophene rings is 1. The second-order valence-corrected chi connectivity index (χ2v) is 4.17. The Morgan fingerprint density at radius 3 is 3.24 bits per heavy atom. The highest BCUT2D eigenvalue weighted by Gasteiger charge is 2.13. The van der Waals surface area contributed by atoms with Gasteiger partial charge in [-0.05, 0) is 11.4 Å². The predicted octanol–water partition coefficient (Wildman–Crippen LogP) is 0.847. The summed E-state index contributed by atoms with van der Waals surface area (Å²) in [5, 5.41) is 11.1. The van der Waals surface area contributed by atoms with Crippen molar-refractivity contribution in [2.75, 3.05) is 13.7 Å². The Kier molecular flexibility index (Phi) is 3.71. The van der Waals surface area contributed by atoms with Gasteiger partial charge in [-0.25, -0.2) is 4.98 Å². The number of nitrogens with zero attached hydrogens (tertiary/aromatic N) is 2. The highest BCUT2D eigenvalue weighted by molar-refractivity contribution is 7.12. The van der Waals surface area contributed by atoms with E-state index in [-0.39, 0.29) is 5.91 Å². The first kappa shape index (κ1) is 11.6. The third-order valence-corrected chi connectivity index (χ3v) is 3.06. The molecule has 0 aromatic carbocycles. The predicted molar refractivity (Wildman–Crippen MR) is 63.3 cm³/mol. The molecule has 0 saturated heterocycles. The largest absolute Gasteiger partial charge is 0.495 e. The van der Waals surface area contributed by atoms with Crippen LogP contribution in [-0.4, -0.2) is 34.7 Å². The third kappa shape index (κ3) is 2.82. The van der Waals surface area contributed by atoms with Gasteiger partial charge in [-0.2, -0.15) is 5.10 Å². The van der Waals surface area contributed by atoms with Gasteiger partial charge in [0.1, 0.15) is 22.8 Å². The van der Waals surface area contributed by atoms with E-state index < -0.39 is 0 Å². The molecule has 0 spiro atoms. The molecule has 17 heavy (non-hydrogen) atoms. The van der Waals surface area contributed by atoms with E-state index in [1.54, 1.807) is 13.2 Å². The highest BCUT2D eigenvalue weighted by Crippen LogP contribution is 2.23. The van der Waals surface area contributed by atoms with Crippen LogP contribution in [0.5, 0.6) is 5.75 Å². The molecule has 0 unspecified atom stereocenters. The van der Waals surface area contributed by atoms with E-state index >= 15 is 0 Å². The van der Waals surface area contributed by atoms with Crippen molar-refractivity contribution in [3.05, 3.63) is 28.5 Å². The van der Waals surface area contributed by atoms with Gasteiger partial charge in [-0.3, -0.25) is 9.89 Å². The molecule has 1 amide bonds. The number of methoxy groups -OCH3 is 1. The van der Waals surface area contributed by atoms with Crippen LogP contribution in [-0.2, 0) is 6.42 Å². The number of aromatic nitrogens is 3. The van der Waals surface area contributed by atoms with Crippen LogP contribution in [0.25, 0.3) is 0 Å². The molecule has 0 saturated carbocycles. The van der Waals surface area contributed by atoms with Gasteiger partial charge in [0.05, 0.1) is 7.11 Å². The second-order valence-electron chi connectivity index (χ2n) is 3.26. The lowest BCUT2D eigenvalue weighted by Crippen LogP contribution is -2.25. The Hall–Kier alpha value is -1.89. The van der Waals surface area contributed by atoms with Gasteiger partial charge in [0.15, 0.2) is 0 Å². The van der Waals surface area contributed by atoms with Crippen LogP contribution in [0.2, 0.25) is 0 Å². The molecule has 2 heterocycles. The molecule has 2 rings (SSSR count). The monoisotopic (exact) mass is 252 g/mol. The van der Waals surface area contributed by atoms with Crippen molar-refractivity contribution in [2.24, 2.45) is 0 Å². The zero-order chi connectivity index (χ0) is 12.1. The van der Waals surface area contributed by atoms with Crippen molar-refractivity contribution < 1.29 is 9.53 Å². The van der Waals surface area contributed by atoms with Crippen molar-refractivity contribution in [2.45, 2.75) is 6.42 Å². The van der Waals surface area contributed by atoms with E-state index in [9.17, 15) is 4.79 Å². The summed E-state index contributed by atoms with van der Waals surface area (Å²) < 4.78 is 5.08. The normalized spacial score (nSPS) is 10.2. The Morgan fingerprint density at radius 2 is 2.53 bits per heavy atom. The minimum Gasteiger partial charge on any atom is -0.495 e. The maximum atomic E-state index is 11.8. The number of H-pyrrole nitrogens is 1. The van der Waals surface area contributed by atoms with Crippen LogP contribution in [0.15, 0.2) is 17.8 Å². The van der Waals surface area contributed by atoms with Gasteiger partial charge in [0, 0.05) is 13.0 Å². The molecule has 0 radical (unpaired) electrons. The maximum absolute atomic E-state index is 11.8. The van der Waals surface area contributed by atoms with E-state index in [2.05, 4.69) is 20.5 Å². The SMILES string of the molecule is COc1ccsc1C(=O)NCCc1ncn[nH]1. The van der Waals surface area contributed by atoms with Crippen LogP contribution in [0.4, 0.5) is 0 Å². The fraction of sp³-hybridized carbons (Fsp3) is 0.300. The average molecular weight is 252 g/mol. The number of carbonyl (C=O) groups excluding carboxylic acids is 1. The Bertz CT molecular complexity index is 480. The lowest BCUT2D eigenvalue weighted by molar-refractivity contribution is 0.0955. The molecular weight excluding hydrogens is 240 g/mol. The van der Waals surface area contributed by atoms with Crippen LogP contribution >= 0.6 is 11.3 Å². The molecule has 2 aromatic heterocycles. The van der Waals surface area contributed by atoms with E-state index in [1.807, 2.05) is 5.38 Å². The summed E-state index contributed by atoms with van der Waals surface area (Å²) in [7, 11) is 1.55. The number of hydrogen-bond donors (Lipinski definition) is 2. The van der Waals surface area contributed by atoms with Crippen LogP contribution < -0.4 is 10.1 Å². The number of hydrogen-bond acceptors (Lipinski definition) is 5. The maximum Gasteiger partial charge on any atom is 0.265 e. The van der Waals surface area contributed by atoms with Crippen LogP contribution in [0.1, 0.15) is 15.5 Å².